The van der Waals surface area contributed by atoms with Gasteiger partial charge in [0, 0.05) is 18.2 Å². The van der Waals surface area contributed by atoms with Crippen molar-refractivity contribution >= 4 is 15.9 Å². The Morgan fingerprint density at radius 1 is 1.05 bits per heavy atom. The molecule has 1 atom stereocenters. The van der Waals surface area contributed by atoms with Gasteiger partial charge in [0.25, 0.3) is 0 Å². The minimum Gasteiger partial charge on any atom is -0.310 e. The standard InChI is InChI=1S/C16H15BrF3N/c1-10(7-12-14(18)3-2-4-15(12)19)21-9-11-5-6-16(20)13(17)8-11/h2-6,8,10,21H,7,9H2,1H3. The average molecular weight is 358 g/mol. The maximum absolute atomic E-state index is 13.6. The topological polar surface area (TPSA) is 12.0 Å². The van der Waals surface area contributed by atoms with Crippen LogP contribution in [0.3, 0.4) is 0 Å². The van der Waals surface area contributed by atoms with Gasteiger partial charge in [0.15, 0.2) is 0 Å². The van der Waals surface area contributed by atoms with E-state index >= 15 is 0 Å². The highest BCUT2D eigenvalue weighted by molar-refractivity contribution is 9.10. The van der Waals surface area contributed by atoms with Crippen LogP contribution in [0.2, 0.25) is 0 Å². The number of hydrogen-bond acceptors (Lipinski definition) is 1. The van der Waals surface area contributed by atoms with E-state index < -0.39 is 11.6 Å². The molecule has 112 valence electrons. The molecule has 0 aliphatic rings. The molecule has 1 N–H and O–H groups in total. The molecule has 21 heavy (non-hydrogen) atoms. The molecule has 2 aromatic rings. The van der Waals surface area contributed by atoms with Gasteiger partial charge in [-0.15, -0.1) is 0 Å². The van der Waals surface area contributed by atoms with Crippen LogP contribution in [-0.2, 0) is 13.0 Å². The highest BCUT2D eigenvalue weighted by Gasteiger charge is 2.12. The predicted molar refractivity (Wildman–Crippen MR) is 80.5 cm³/mol. The fraction of sp³-hybridized carbons (Fsp3) is 0.250. The first-order valence-electron chi connectivity index (χ1n) is 6.57. The van der Waals surface area contributed by atoms with Gasteiger partial charge in [-0.2, -0.15) is 0 Å². The van der Waals surface area contributed by atoms with Gasteiger partial charge >= 0.3 is 0 Å². The van der Waals surface area contributed by atoms with Gasteiger partial charge in [0.2, 0.25) is 0 Å². The molecule has 0 bridgehead atoms. The summed E-state index contributed by atoms with van der Waals surface area (Å²) in [4.78, 5) is 0. The van der Waals surface area contributed by atoms with Gasteiger partial charge in [-0.25, -0.2) is 13.2 Å². The van der Waals surface area contributed by atoms with Gasteiger partial charge in [0.05, 0.1) is 4.47 Å². The van der Waals surface area contributed by atoms with Crippen LogP contribution in [-0.4, -0.2) is 6.04 Å². The third-order valence-corrected chi connectivity index (χ3v) is 3.82. The first kappa shape index (κ1) is 16.0. The highest BCUT2D eigenvalue weighted by atomic mass is 79.9. The first-order chi connectivity index (χ1) is 9.97. The maximum atomic E-state index is 13.6. The summed E-state index contributed by atoms with van der Waals surface area (Å²) in [5.41, 5.74) is 0.974. The quantitative estimate of drug-likeness (QED) is 0.825. The summed E-state index contributed by atoms with van der Waals surface area (Å²) in [7, 11) is 0. The second-order valence-electron chi connectivity index (χ2n) is 4.93. The average Bonchev–Trinajstić information content (AvgIpc) is 2.44. The predicted octanol–water partition coefficient (Wildman–Crippen LogP) is 4.59. The molecule has 0 spiro atoms. The number of rotatable bonds is 5. The Kier molecular flexibility index (Phi) is 5.42. The van der Waals surface area contributed by atoms with E-state index in [1.807, 2.05) is 6.92 Å². The van der Waals surface area contributed by atoms with E-state index in [9.17, 15) is 13.2 Å². The van der Waals surface area contributed by atoms with Crippen molar-refractivity contribution in [2.24, 2.45) is 0 Å². The molecule has 0 aliphatic carbocycles. The van der Waals surface area contributed by atoms with E-state index in [0.29, 0.717) is 11.0 Å². The molecule has 0 radical (unpaired) electrons. The minimum atomic E-state index is -0.534. The summed E-state index contributed by atoms with van der Waals surface area (Å²) in [6.45, 7) is 2.35. The Labute approximate surface area is 130 Å². The molecule has 0 heterocycles. The van der Waals surface area contributed by atoms with E-state index in [0.717, 1.165) is 5.56 Å². The van der Waals surface area contributed by atoms with Crippen molar-refractivity contribution in [1.82, 2.24) is 5.32 Å². The van der Waals surface area contributed by atoms with E-state index in [2.05, 4.69) is 21.2 Å². The van der Waals surface area contributed by atoms with E-state index in [1.54, 1.807) is 12.1 Å². The Balaban J connectivity index is 1.96. The van der Waals surface area contributed by atoms with Crippen molar-refractivity contribution in [3.05, 3.63) is 69.4 Å². The summed E-state index contributed by atoms with van der Waals surface area (Å²) >= 11 is 3.12. The maximum Gasteiger partial charge on any atom is 0.137 e. The highest BCUT2D eigenvalue weighted by Crippen LogP contribution is 2.17. The summed E-state index contributed by atoms with van der Waals surface area (Å²) < 4.78 is 40.6. The lowest BCUT2D eigenvalue weighted by atomic mass is 10.1. The van der Waals surface area contributed by atoms with Crippen LogP contribution in [0.4, 0.5) is 13.2 Å². The molecule has 0 fully saturated rings. The van der Waals surface area contributed by atoms with Crippen LogP contribution < -0.4 is 5.32 Å². The molecule has 5 heteroatoms. The van der Waals surface area contributed by atoms with Crippen LogP contribution in [0.5, 0.6) is 0 Å². The largest absolute Gasteiger partial charge is 0.310 e. The zero-order chi connectivity index (χ0) is 15.4. The summed E-state index contributed by atoms with van der Waals surface area (Å²) in [5, 5.41) is 3.17. The van der Waals surface area contributed by atoms with Gasteiger partial charge in [-0.1, -0.05) is 12.1 Å². The van der Waals surface area contributed by atoms with Crippen LogP contribution in [0.25, 0.3) is 0 Å². The lowest BCUT2D eigenvalue weighted by Gasteiger charge is -2.15. The number of nitrogens with one attached hydrogen (secondary N) is 1. The Hall–Kier alpha value is -1.33. The van der Waals surface area contributed by atoms with Crippen LogP contribution in [0.15, 0.2) is 40.9 Å². The molecule has 0 amide bonds. The van der Waals surface area contributed by atoms with E-state index in [1.165, 1.54) is 24.3 Å². The fourth-order valence-corrected chi connectivity index (χ4v) is 2.47. The fourth-order valence-electron chi connectivity index (χ4n) is 2.05. The van der Waals surface area contributed by atoms with Crippen molar-refractivity contribution < 1.29 is 13.2 Å². The number of hydrogen-bond donors (Lipinski definition) is 1. The second-order valence-corrected chi connectivity index (χ2v) is 5.79. The lowest BCUT2D eigenvalue weighted by molar-refractivity contribution is 0.499. The van der Waals surface area contributed by atoms with Gasteiger partial charge in [-0.05, 0) is 59.1 Å². The normalized spacial score (nSPS) is 12.4. The molecule has 1 nitrogen and oxygen atoms in total. The Bertz CT molecular complexity index is 611. The lowest BCUT2D eigenvalue weighted by Crippen LogP contribution is -2.28. The summed E-state index contributed by atoms with van der Waals surface area (Å²) in [6.07, 6.45) is 0.251. The Morgan fingerprint density at radius 3 is 2.33 bits per heavy atom. The number of benzene rings is 2. The van der Waals surface area contributed by atoms with Crippen molar-refractivity contribution in [3.63, 3.8) is 0 Å². The molecule has 1 unspecified atom stereocenters. The smallest absolute Gasteiger partial charge is 0.137 e. The van der Waals surface area contributed by atoms with Crippen LogP contribution in [0.1, 0.15) is 18.1 Å². The first-order valence-corrected chi connectivity index (χ1v) is 7.37. The molecule has 0 saturated carbocycles. The van der Waals surface area contributed by atoms with Crippen LogP contribution in [0, 0.1) is 17.5 Å². The van der Waals surface area contributed by atoms with Gasteiger partial charge in [0.1, 0.15) is 17.5 Å². The second kappa shape index (κ2) is 7.09. The molecule has 0 aromatic heterocycles. The van der Waals surface area contributed by atoms with Crippen molar-refractivity contribution in [1.29, 1.82) is 0 Å². The summed E-state index contributed by atoms with van der Waals surface area (Å²) in [5.74, 6) is -1.39. The zero-order valence-electron chi connectivity index (χ0n) is 11.5. The van der Waals surface area contributed by atoms with Crippen LogP contribution >= 0.6 is 15.9 Å². The Morgan fingerprint density at radius 2 is 1.71 bits per heavy atom. The van der Waals surface area contributed by atoms with E-state index in [4.69, 9.17) is 0 Å². The molecule has 0 aliphatic heterocycles. The molecule has 2 aromatic carbocycles. The molecule has 2 rings (SSSR count). The van der Waals surface area contributed by atoms with Crippen molar-refractivity contribution in [2.75, 3.05) is 0 Å². The molecular formula is C16H15BrF3N. The monoisotopic (exact) mass is 357 g/mol. The minimum absolute atomic E-state index is 0.0813. The number of halogens is 4. The van der Waals surface area contributed by atoms with E-state index in [-0.39, 0.29) is 23.8 Å². The third kappa shape index (κ3) is 4.32. The van der Waals surface area contributed by atoms with Gasteiger partial charge < -0.3 is 5.32 Å². The zero-order valence-corrected chi connectivity index (χ0v) is 13.1. The van der Waals surface area contributed by atoms with Crippen molar-refractivity contribution in [3.8, 4) is 0 Å². The SMILES string of the molecule is CC(Cc1c(F)cccc1F)NCc1ccc(F)c(Br)c1. The molecule has 0 saturated heterocycles. The summed E-state index contributed by atoms with van der Waals surface area (Å²) in [6, 6.07) is 8.47. The van der Waals surface area contributed by atoms with Gasteiger partial charge in [-0.3, -0.25) is 0 Å². The molecular weight excluding hydrogens is 343 g/mol. The third-order valence-electron chi connectivity index (χ3n) is 3.21. The van der Waals surface area contributed by atoms with Crippen molar-refractivity contribution in [2.45, 2.75) is 25.9 Å².